The molecule has 0 bridgehead atoms. The monoisotopic (exact) mass is 383 g/mol. The van der Waals surface area contributed by atoms with Crippen molar-refractivity contribution in [2.75, 3.05) is 18.5 Å². The summed E-state index contributed by atoms with van der Waals surface area (Å²) in [6, 6.07) is 10.2. The second-order valence-corrected chi connectivity index (χ2v) is 5.96. The number of aryl methyl sites for hydroxylation is 1. The Balaban J connectivity index is 1.81. The van der Waals surface area contributed by atoms with Gasteiger partial charge in [-0.15, -0.1) is 0 Å². The average Bonchev–Trinajstić information content (AvgIpc) is 3.09. The van der Waals surface area contributed by atoms with E-state index in [1.54, 1.807) is 19.2 Å². The molecule has 3 rings (SSSR count). The Hall–Kier alpha value is -3.55. The van der Waals surface area contributed by atoms with Crippen molar-refractivity contribution in [3.05, 3.63) is 48.2 Å². The predicted octanol–water partition coefficient (Wildman–Crippen LogP) is 3.17. The number of hydrogen-bond donors (Lipinski definition) is 2. The predicted molar refractivity (Wildman–Crippen MR) is 104 cm³/mol. The molecule has 0 atom stereocenters. The van der Waals surface area contributed by atoms with Gasteiger partial charge < -0.3 is 19.9 Å². The lowest BCUT2D eigenvalue weighted by Crippen LogP contribution is -2.13. The van der Waals surface area contributed by atoms with Crippen molar-refractivity contribution in [1.29, 1.82) is 0 Å². The molecule has 0 radical (unpaired) electrons. The highest BCUT2D eigenvalue weighted by Crippen LogP contribution is 2.29. The van der Waals surface area contributed by atoms with Crippen molar-refractivity contribution in [3.63, 3.8) is 0 Å². The molecule has 1 aromatic heterocycles. The molecule has 8 heteroatoms. The number of amides is 1. The fraction of sp³-hybridized carbons (Fsp3) is 0.250. The normalized spacial score (nSPS) is 10.6. The Labute approximate surface area is 161 Å². The number of aliphatic carboxylic acids is 1. The number of benzene rings is 2. The molecule has 0 unspecified atom stereocenters. The molecule has 0 fully saturated rings. The van der Waals surface area contributed by atoms with Crippen LogP contribution in [0.4, 0.5) is 5.69 Å². The number of carboxylic acid groups (broad SMARTS) is 1. The van der Waals surface area contributed by atoms with Crippen molar-refractivity contribution in [2.24, 2.45) is 0 Å². The number of aromatic nitrogens is 2. The largest absolute Gasteiger partial charge is 0.490 e. The van der Waals surface area contributed by atoms with Crippen molar-refractivity contribution < 1.29 is 24.2 Å². The summed E-state index contributed by atoms with van der Waals surface area (Å²) in [6.45, 7) is 4.39. The van der Waals surface area contributed by atoms with Crippen molar-refractivity contribution in [1.82, 2.24) is 9.78 Å². The summed E-state index contributed by atoms with van der Waals surface area (Å²) in [7, 11) is 0. The van der Waals surface area contributed by atoms with Gasteiger partial charge in [-0.25, -0.2) is 4.79 Å². The number of ether oxygens (including phenoxy) is 2. The van der Waals surface area contributed by atoms with E-state index in [-0.39, 0.29) is 11.7 Å². The maximum Gasteiger partial charge on any atom is 0.341 e. The number of fused-ring (bicyclic) bond motifs is 1. The summed E-state index contributed by atoms with van der Waals surface area (Å²) in [4.78, 5) is 23.4. The van der Waals surface area contributed by atoms with Crippen LogP contribution in [-0.4, -0.2) is 40.0 Å². The molecule has 8 nitrogen and oxygen atoms in total. The smallest absolute Gasteiger partial charge is 0.341 e. The Morgan fingerprint density at radius 1 is 1.11 bits per heavy atom. The molecule has 0 aliphatic rings. The van der Waals surface area contributed by atoms with Crippen molar-refractivity contribution in [3.8, 4) is 11.5 Å². The molecular formula is C20H21N3O5. The molecule has 0 aliphatic carbocycles. The highest BCUT2D eigenvalue weighted by Gasteiger charge is 2.13. The van der Waals surface area contributed by atoms with E-state index in [9.17, 15) is 9.59 Å². The van der Waals surface area contributed by atoms with Gasteiger partial charge in [0.2, 0.25) is 0 Å². The molecular weight excluding hydrogens is 362 g/mol. The summed E-state index contributed by atoms with van der Waals surface area (Å²) in [6.07, 6.45) is 1.79. The third-order valence-corrected chi connectivity index (χ3v) is 4.06. The highest BCUT2D eigenvalue weighted by atomic mass is 16.5. The Bertz CT molecular complexity index is 1010. The number of hydrogen-bond acceptors (Lipinski definition) is 5. The van der Waals surface area contributed by atoms with Crippen molar-refractivity contribution in [2.45, 2.75) is 20.4 Å². The number of nitrogens with zero attached hydrogens (tertiary/aromatic N) is 2. The fourth-order valence-corrected chi connectivity index (χ4v) is 2.78. The Morgan fingerprint density at radius 2 is 1.93 bits per heavy atom. The summed E-state index contributed by atoms with van der Waals surface area (Å²) in [5.41, 5.74) is 1.96. The van der Waals surface area contributed by atoms with Gasteiger partial charge in [0.1, 0.15) is 0 Å². The minimum atomic E-state index is -1.09. The van der Waals surface area contributed by atoms with Gasteiger partial charge in [-0.2, -0.15) is 5.10 Å². The Kier molecular flexibility index (Phi) is 5.78. The van der Waals surface area contributed by atoms with E-state index in [2.05, 4.69) is 10.4 Å². The molecule has 3 aromatic rings. The van der Waals surface area contributed by atoms with Crippen LogP contribution in [-0.2, 0) is 11.3 Å². The quantitative estimate of drug-likeness (QED) is 0.619. The third-order valence-electron chi connectivity index (χ3n) is 4.06. The average molecular weight is 383 g/mol. The van der Waals surface area contributed by atoms with Crippen LogP contribution in [0.5, 0.6) is 11.5 Å². The summed E-state index contributed by atoms with van der Waals surface area (Å²) in [5.74, 6) is -0.816. The fourth-order valence-electron chi connectivity index (χ4n) is 2.78. The first kappa shape index (κ1) is 19.2. The molecule has 0 aliphatic heterocycles. The zero-order chi connectivity index (χ0) is 20.1. The number of rotatable bonds is 8. The number of carbonyl (C=O) groups excluding carboxylic acids is 1. The lowest BCUT2D eigenvalue weighted by molar-refractivity contribution is -0.139. The van der Waals surface area contributed by atoms with E-state index < -0.39 is 12.6 Å². The van der Waals surface area contributed by atoms with Gasteiger partial charge in [0.05, 0.1) is 18.3 Å². The van der Waals surface area contributed by atoms with E-state index in [0.717, 1.165) is 17.4 Å². The summed E-state index contributed by atoms with van der Waals surface area (Å²) in [5, 5.41) is 16.9. The SMILES string of the molecule is CCOc1cc(C(=O)Nc2ccc3cnn(CC)c3c2)ccc1OCC(=O)O. The van der Waals surface area contributed by atoms with Gasteiger partial charge in [0.15, 0.2) is 18.1 Å². The van der Waals surface area contributed by atoms with E-state index in [1.165, 1.54) is 12.1 Å². The number of carboxylic acids is 1. The van der Waals surface area contributed by atoms with E-state index in [0.29, 0.717) is 23.6 Å². The van der Waals surface area contributed by atoms with Crippen LogP contribution in [0.25, 0.3) is 10.9 Å². The van der Waals surface area contributed by atoms with Gasteiger partial charge in [0, 0.05) is 23.2 Å². The van der Waals surface area contributed by atoms with E-state index in [1.807, 2.05) is 29.8 Å². The Morgan fingerprint density at radius 3 is 2.64 bits per heavy atom. The molecule has 0 saturated carbocycles. The van der Waals surface area contributed by atoms with Gasteiger partial charge >= 0.3 is 5.97 Å². The minimum absolute atomic E-state index is 0.272. The first-order valence-corrected chi connectivity index (χ1v) is 8.90. The van der Waals surface area contributed by atoms with E-state index in [4.69, 9.17) is 14.6 Å². The van der Waals surface area contributed by atoms with E-state index >= 15 is 0 Å². The van der Waals surface area contributed by atoms with Gasteiger partial charge in [0.25, 0.3) is 5.91 Å². The first-order chi connectivity index (χ1) is 13.5. The molecule has 28 heavy (non-hydrogen) atoms. The molecule has 2 aromatic carbocycles. The molecule has 0 saturated heterocycles. The minimum Gasteiger partial charge on any atom is -0.490 e. The van der Waals surface area contributed by atoms with Gasteiger partial charge in [-0.3, -0.25) is 9.48 Å². The third kappa shape index (κ3) is 4.22. The van der Waals surface area contributed by atoms with Crippen LogP contribution in [0, 0.1) is 0 Å². The van der Waals surface area contributed by atoms with Crippen LogP contribution in [0.1, 0.15) is 24.2 Å². The number of anilines is 1. The molecule has 1 heterocycles. The highest BCUT2D eigenvalue weighted by molar-refractivity contribution is 6.05. The molecule has 0 spiro atoms. The maximum absolute atomic E-state index is 12.7. The van der Waals surface area contributed by atoms with Crippen LogP contribution in [0.2, 0.25) is 0 Å². The maximum atomic E-state index is 12.7. The standard InChI is InChI=1S/C20H21N3O5/c1-3-23-16-10-15(7-5-14(16)11-21-23)22-20(26)13-6-8-17(28-12-19(24)25)18(9-13)27-4-2/h5-11H,3-4,12H2,1-2H3,(H,22,26)(H,24,25). The van der Waals surface area contributed by atoms with Crippen molar-refractivity contribution >= 4 is 28.5 Å². The zero-order valence-electron chi connectivity index (χ0n) is 15.6. The molecule has 146 valence electrons. The summed E-state index contributed by atoms with van der Waals surface area (Å²) < 4.78 is 12.5. The number of carbonyl (C=O) groups is 2. The summed E-state index contributed by atoms with van der Waals surface area (Å²) >= 11 is 0. The van der Waals surface area contributed by atoms with Gasteiger partial charge in [-0.05, 0) is 50.2 Å². The van der Waals surface area contributed by atoms with Crippen LogP contribution >= 0.6 is 0 Å². The second-order valence-electron chi connectivity index (χ2n) is 5.96. The number of nitrogens with one attached hydrogen (secondary N) is 1. The molecule has 1 amide bonds. The van der Waals surface area contributed by atoms with Gasteiger partial charge in [-0.1, -0.05) is 0 Å². The first-order valence-electron chi connectivity index (χ1n) is 8.90. The molecule has 2 N–H and O–H groups in total. The van der Waals surface area contributed by atoms with Crippen LogP contribution in [0.15, 0.2) is 42.6 Å². The lowest BCUT2D eigenvalue weighted by atomic mass is 10.1. The zero-order valence-corrected chi connectivity index (χ0v) is 15.6. The second kappa shape index (κ2) is 8.43. The van der Waals surface area contributed by atoms with Crippen LogP contribution in [0.3, 0.4) is 0 Å². The lowest BCUT2D eigenvalue weighted by Gasteiger charge is -2.12. The van der Waals surface area contributed by atoms with Crippen LogP contribution < -0.4 is 14.8 Å². The topological polar surface area (TPSA) is 103 Å².